The van der Waals surface area contributed by atoms with Crippen molar-refractivity contribution < 1.29 is 9.53 Å². The molecule has 0 atom stereocenters. The van der Waals surface area contributed by atoms with Crippen LogP contribution in [-0.2, 0) is 0 Å². The van der Waals surface area contributed by atoms with Crippen LogP contribution in [0.4, 0.5) is 4.79 Å². The number of methoxy groups -OCH3 is 1. The molecule has 0 fully saturated rings. The summed E-state index contributed by atoms with van der Waals surface area (Å²) in [5.74, 6) is 1.45. The lowest BCUT2D eigenvalue weighted by molar-refractivity contribution is 0.268. The smallest absolute Gasteiger partial charge is 0.305 e. The Morgan fingerprint density at radius 3 is 3.00 bits per heavy atom. The molecule has 4 heteroatoms. The first-order valence-electron chi connectivity index (χ1n) is 4.18. The largest absolute Gasteiger partial charge is 0.497 e. The summed E-state index contributed by atoms with van der Waals surface area (Å²) in [7, 11) is 1.62. The number of carbonyl (C=O) groups excluding carboxylic acids is 1. The van der Waals surface area contributed by atoms with Crippen molar-refractivity contribution in [3.63, 3.8) is 0 Å². The van der Waals surface area contributed by atoms with Gasteiger partial charge in [0, 0.05) is 11.3 Å². The van der Waals surface area contributed by atoms with Gasteiger partial charge in [0.1, 0.15) is 5.75 Å². The van der Waals surface area contributed by atoms with E-state index < -0.39 is 0 Å². The van der Waals surface area contributed by atoms with E-state index in [9.17, 15) is 4.79 Å². The molecule has 0 bridgehead atoms. The lowest BCUT2D eigenvalue weighted by Crippen LogP contribution is -1.99. The van der Waals surface area contributed by atoms with Crippen molar-refractivity contribution in [2.75, 3.05) is 12.9 Å². The van der Waals surface area contributed by atoms with E-state index in [-0.39, 0.29) is 5.24 Å². The molecule has 2 rings (SSSR count). The molecule has 0 radical (unpaired) electrons. The van der Waals surface area contributed by atoms with Gasteiger partial charge in [-0.2, -0.15) is 0 Å². The lowest BCUT2D eigenvalue weighted by atomic mass is 10.1. The first-order chi connectivity index (χ1) is 6.79. The van der Waals surface area contributed by atoms with E-state index in [1.807, 2.05) is 24.3 Å². The van der Waals surface area contributed by atoms with Crippen LogP contribution >= 0.6 is 11.8 Å². The number of hydrogen-bond donors (Lipinski definition) is 0. The fourth-order valence-corrected chi connectivity index (χ4v) is 1.92. The van der Waals surface area contributed by atoms with Crippen molar-refractivity contribution in [2.24, 2.45) is 4.99 Å². The second kappa shape index (κ2) is 3.84. The number of benzene rings is 1. The summed E-state index contributed by atoms with van der Waals surface area (Å²) >= 11 is 1.23. The third kappa shape index (κ3) is 1.80. The van der Waals surface area contributed by atoms with Gasteiger partial charge < -0.3 is 4.74 Å². The Morgan fingerprint density at radius 1 is 1.50 bits per heavy atom. The van der Waals surface area contributed by atoms with Gasteiger partial charge in [0.15, 0.2) is 0 Å². The van der Waals surface area contributed by atoms with Crippen LogP contribution in [0.3, 0.4) is 0 Å². The summed E-state index contributed by atoms with van der Waals surface area (Å²) in [6, 6.07) is 7.58. The molecule has 1 aliphatic rings. The first kappa shape index (κ1) is 9.27. The quantitative estimate of drug-likeness (QED) is 0.747. The SMILES string of the molecule is COc1cccc(C2=NC(=O)SC2)c1. The molecule has 0 spiro atoms. The molecule has 1 heterocycles. The summed E-state index contributed by atoms with van der Waals surface area (Å²) in [5.41, 5.74) is 1.79. The number of aliphatic imine (C=N–C) groups is 1. The van der Waals surface area contributed by atoms with Gasteiger partial charge in [-0.3, -0.25) is 4.79 Å². The van der Waals surface area contributed by atoms with Crippen LogP contribution in [0.1, 0.15) is 5.56 Å². The summed E-state index contributed by atoms with van der Waals surface area (Å²) < 4.78 is 5.09. The highest BCUT2D eigenvalue weighted by atomic mass is 32.2. The van der Waals surface area contributed by atoms with Gasteiger partial charge in [0.05, 0.1) is 12.8 Å². The summed E-state index contributed by atoms with van der Waals surface area (Å²) in [4.78, 5) is 14.8. The Balaban J connectivity index is 2.32. The van der Waals surface area contributed by atoms with Gasteiger partial charge in [-0.05, 0) is 12.1 Å². The minimum Gasteiger partial charge on any atom is -0.497 e. The van der Waals surface area contributed by atoms with E-state index >= 15 is 0 Å². The third-order valence-corrected chi connectivity index (χ3v) is 2.72. The number of amides is 1. The minimum atomic E-state index is -0.109. The number of hydrogen-bond acceptors (Lipinski definition) is 3. The van der Waals surface area contributed by atoms with Crippen molar-refractivity contribution in [1.82, 2.24) is 0 Å². The molecule has 0 unspecified atom stereocenters. The monoisotopic (exact) mass is 207 g/mol. The number of rotatable bonds is 2. The number of carbonyl (C=O) groups is 1. The minimum absolute atomic E-state index is 0.109. The second-order valence-corrected chi connectivity index (χ2v) is 3.77. The maximum Gasteiger partial charge on any atom is 0.305 e. The predicted octanol–water partition coefficient (Wildman–Crippen LogP) is 2.35. The Bertz CT molecular complexity index is 401. The van der Waals surface area contributed by atoms with Crippen molar-refractivity contribution in [1.29, 1.82) is 0 Å². The van der Waals surface area contributed by atoms with Gasteiger partial charge in [-0.15, -0.1) is 0 Å². The molecule has 1 amide bonds. The zero-order valence-electron chi connectivity index (χ0n) is 7.69. The summed E-state index contributed by atoms with van der Waals surface area (Å²) in [6.07, 6.45) is 0. The lowest BCUT2D eigenvalue weighted by Gasteiger charge is -2.02. The van der Waals surface area contributed by atoms with E-state index in [2.05, 4.69) is 4.99 Å². The molecule has 1 aromatic carbocycles. The first-order valence-corrected chi connectivity index (χ1v) is 5.17. The van der Waals surface area contributed by atoms with Crippen molar-refractivity contribution in [3.05, 3.63) is 29.8 Å². The molecule has 1 aromatic rings. The fraction of sp³-hybridized carbons (Fsp3) is 0.200. The molecule has 72 valence electrons. The van der Waals surface area contributed by atoms with Crippen LogP contribution in [0.15, 0.2) is 29.3 Å². The maximum atomic E-state index is 10.9. The van der Waals surface area contributed by atoms with Gasteiger partial charge >= 0.3 is 5.24 Å². The molecule has 0 N–H and O–H groups in total. The predicted molar refractivity (Wildman–Crippen MR) is 57.4 cm³/mol. The molecular formula is C10H9NO2S. The molecule has 0 aliphatic carbocycles. The van der Waals surface area contributed by atoms with Gasteiger partial charge in [0.25, 0.3) is 0 Å². The van der Waals surface area contributed by atoms with Crippen LogP contribution in [0.25, 0.3) is 0 Å². The average molecular weight is 207 g/mol. The summed E-state index contributed by atoms with van der Waals surface area (Å²) in [5, 5.41) is -0.109. The fourth-order valence-electron chi connectivity index (χ4n) is 1.26. The number of thioether (sulfide) groups is 1. The van der Waals surface area contributed by atoms with Crippen molar-refractivity contribution in [2.45, 2.75) is 0 Å². The molecule has 1 aliphatic heterocycles. The van der Waals surface area contributed by atoms with Crippen LogP contribution in [-0.4, -0.2) is 23.8 Å². The zero-order valence-corrected chi connectivity index (χ0v) is 8.50. The van der Waals surface area contributed by atoms with Crippen molar-refractivity contribution >= 4 is 22.7 Å². The highest BCUT2D eigenvalue weighted by Crippen LogP contribution is 2.21. The van der Waals surface area contributed by atoms with Gasteiger partial charge in [-0.25, -0.2) is 4.99 Å². The number of ether oxygens (including phenoxy) is 1. The normalized spacial score (nSPS) is 15.5. The van der Waals surface area contributed by atoms with E-state index in [1.54, 1.807) is 7.11 Å². The van der Waals surface area contributed by atoms with E-state index in [4.69, 9.17) is 4.74 Å². The van der Waals surface area contributed by atoms with Crippen molar-refractivity contribution in [3.8, 4) is 5.75 Å². The second-order valence-electron chi connectivity index (χ2n) is 2.85. The maximum absolute atomic E-state index is 10.9. The van der Waals surface area contributed by atoms with Crippen LogP contribution < -0.4 is 4.74 Å². The molecule has 0 saturated carbocycles. The van der Waals surface area contributed by atoms with Crippen LogP contribution in [0.2, 0.25) is 0 Å². The highest BCUT2D eigenvalue weighted by molar-refractivity contribution is 8.14. The van der Waals surface area contributed by atoms with E-state index in [0.29, 0.717) is 5.75 Å². The molecule has 0 aromatic heterocycles. The topological polar surface area (TPSA) is 38.7 Å². The van der Waals surface area contributed by atoms with Gasteiger partial charge in [-0.1, -0.05) is 23.9 Å². The van der Waals surface area contributed by atoms with E-state index in [1.165, 1.54) is 11.8 Å². The Morgan fingerprint density at radius 2 is 2.36 bits per heavy atom. The Hall–Kier alpha value is -1.29. The third-order valence-electron chi connectivity index (χ3n) is 1.96. The summed E-state index contributed by atoms with van der Waals surface area (Å²) in [6.45, 7) is 0. The Labute approximate surface area is 86.2 Å². The Kier molecular flexibility index (Phi) is 2.54. The number of nitrogens with zero attached hydrogens (tertiary/aromatic N) is 1. The van der Waals surface area contributed by atoms with Crippen LogP contribution in [0, 0.1) is 0 Å². The highest BCUT2D eigenvalue weighted by Gasteiger charge is 2.16. The zero-order chi connectivity index (χ0) is 9.97. The molecular weight excluding hydrogens is 198 g/mol. The molecule has 0 saturated heterocycles. The van der Waals surface area contributed by atoms with E-state index in [0.717, 1.165) is 17.0 Å². The van der Waals surface area contributed by atoms with Gasteiger partial charge in [0.2, 0.25) is 0 Å². The average Bonchev–Trinajstić information content (AvgIpc) is 2.65. The standard InChI is InChI=1S/C10H9NO2S/c1-13-8-4-2-3-7(5-8)9-6-14-10(12)11-9/h2-5H,6H2,1H3. The molecule has 3 nitrogen and oxygen atoms in total. The van der Waals surface area contributed by atoms with Crippen LogP contribution in [0.5, 0.6) is 5.75 Å². The molecule has 14 heavy (non-hydrogen) atoms.